The van der Waals surface area contributed by atoms with Gasteiger partial charge in [0.05, 0.1) is 22.5 Å². The van der Waals surface area contributed by atoms with E-state index in [-0.39, 0.29) is 36.1 Å². The van der Waals surface area contributed by atoms with Crippen LogP contribution < -0.4 is 45.5 Å². The van der Waals surface area contributed by atoms with Crippen LogP contribution in [0.5, 0.6) is 0 Å². The van der Waals surface area contributed by atoms with Gasteiger partial charge in [0.15, 0.2) is 24.6 Å². The number of carbonyl (C=O) groups excluding carboxylic acids is 7. The van der Waals surface area contributed by atoms with Gasteiger partial charge >= 0.3 is 53.4 Å². The van der Waals surface area contributed by atoms with Gasteiger partial charge in [-0.05, 0) is 6.42 Å². The van der Waals surface area contributed by atoms with Gasteiger partial charge in [-0.1, -0.05) is 77.6 Å². The van der Waals surface area contributed by atoms with Gasteiger partial charge in [0.1, 0.15) is 18.8 Å². The molecular weight excluding hydrogens is 797 g/mol. The first-order chi connectivity index (χ1) is 26.9. The molecule has 58 heavy (non-hydrogen) atoms. The normalized spacial score (nSPS) is 19.4. The van der Waals surface area contributed by atoms with E-state index >= 15 is 0 Å². The van der Waals surface area contributed by atoms with Crippen LogP contribution in [0.4, 0.5) is 0 Å². The van der Waals surface area contributed by atoms with Crippen LogP contribution in [0, 0.1) is 0 Å². The molecule has 328 valence electrons. The minimum absolute atomic E-state index is 0. The van der Waals surface area contributed by atoms with Gasteiger partial charge < -0.3 is 48.9 Å². The van der Waals surface area contributed by atoms with Crippen molar-refractivity contribution in [1.82, 2.24) is 16.0 Å². The monoisotopic (exact) mass is 859 g/mol. The second-order valence-electron chi connectivity index (χ2n) is 13.8. The van der Waals surface area contributed by atoms with Crippen molar-refractivity contribution in [2.45, 2.75) is 161 Å². The maximum absolute atomic E-state index is 13.4. The fourth-order valence-corrected chi connectivity index (χ4v) is 6.25. The number of nitrogens with one attached hydrogen (secondary N) is 3. The van der Waals surface area contributed by atoms with Crippen LogP contribution in [-0.4, -0.2) is 123 Å². The molecule has 0 aromatic carbocycles. The Labute approximate surface area is 363 Å². The molecule has 0 aromatic heterocycles. The summed E-state index contributed by atoms with van der Waals surface area (Å²) in [6, 6.07) is -1.41. The van der Waals surface area contributed by atoms with E-state index in [0.29, 0.717) is 6.42 Å². The first-order valence-electron chi connectivity index (χ1n) is 19.6. The first-order valence-corrected chi connectivity index (χ1v) is 21.2. The standard InChI is InChI=1S/C37H63N3O16S.Na/c1-6-7-8-9-10-11-12-13-14-15-16-17-20-39-36(47)29(40-32(46)19-18-31(45)38-21-22-57(48,49)50)23-52-37-35(55-28(5)44)34(54-27(4)43)33(53-26(3)42)30(56-37)24-51-25(2)41;/h29-30,33-35,37H,6-24H2,1-5H3,(H,38,45)(H,39,47)(H,40,46)(H,48,49,50);/q;+1/p-1/t29?,30-,33+,34+,35-,37-;/m1./s1. The summed E-state index contributed by atoms with van der Waals surface area (Å²) in [5.41, 5.74) is 0. The van der Waals surface area contributed by atoms with E-state index in [1.807, 2.05) is 0 Å². The van der Waals surface area contributed by atoms with Crippen LogP contribution in [0.2, 0.25) is 0 Å². The largest absolute Gasteiger partial charge is 1.00 e. The number of carbonyl (C=O) groups is 7. The summed E-state index contributed by atoms with van der Waals surface area (Å²) in [6.07, 6.45) is 5.11. The van der Waals surface area contributed by atoms with E-state index in [2.05, 4.69) is 22.9 Å². The van der Waals surface area contributed by atoms with E-state index < -0.39 is 127 Å². The van der Waals surface area contributed by atoms with Crippen molar-refractivity contribution < 1.29 is 105 Å². The fourth-order valence-electron chi connectivity index (χ4n) is 5.90. The molecule has 1 heterocycles. The van der Waals surface area contributed by atoms with E-state index in [1.165, 1.54) is 44.9 Å². The molecule has 1 fully saturated rings. The third-order valence-electron chi connectivity index (χ3n) is 8.61. The molecular formula is C37H62N3NaO16S. The summed E-state index contributed by atoms with van der Waals surface area (Å²) in [7, 11) is -4.56. The maximum atomic E-state index is 13.4. The topological polar surface area (TPSA) is 268 Å². The Kier molecular flexibility index (Phi) is 29.5. The zero-order valence-electron chi connectivity index (χ0n) is 34.8. The minimum atomic E-state index is -4.56. The molecule has 19 nitrogen and oxygen atoms in total. The average Bonchev–Trinajstić information content (AvgIpc) is 3.11. The Morgan fingerprint density at radius 1 is 0.655 bits per heavy atom. The summed E-state index contributed by atoms with van der Waals surface area (Å²) >= 11 is 0. The molecule has 1 aliphatic heterocycles. The molecule has 1 aliphatic rings. The van der Waals surface area contributed by atoms with E-state index in [0.717, 1.165) is 53.4 Å². The summed E-state index contributed by atoms with van der Waals surface area (Å²) < 4.78 is 65.5. The van der Waals surface area contributed by atoms with E-state index in [9.17, 15) is 46.5 Å². The molecule has 0 radical (unpaired) electrons. The number of esters is 4. The average molecular weight is 860 g/mol. The fraction of sp³-hybridized carbons (Fsp3) is 0.811. The van der Waals surface area contributed by atoms with Crippen LogP contribution in [0.1, 0.15) is 125 Å². The Balaban J connectivity index is 0.0000325. The Morgan fingerprint density at radius 2 is 1.16 bits per heavy atom. The molecule has 0 aliphatic carbocycles. The van der Waals surface area contributed by atoms with Crippen LogP contribution in [0.3, 0.4) is 0 Å². The van der Waals surface area contributed by atoms with Crippen LogP contribution >= 0.6 is 0 Å². The Bertz CT molecular complexity index is 1400. The number of hydrogen-bond donors (Lipinski definition) is 3. The zero-order chi connectivity index (χ0) is 42.8. The van der Waals surface area contributed by atoms with Crippen molar-refractivity contribution in [2.75, 3.05) is 32.1 Å². The van der Waals surface area contributed by atoms with Crippen molar-refractivity contribution in [3.8, 4) is 0 Å². The molecule has 21 heteroatoms. The van der Waals surface area contributed by atoms with E-state index in [4.69, 9.17) is 28.4 Å². The van der Waals surface area contributed by atoms with Gasteiger partial charge in [0.25, 0.3) is 0 Å². The minimum Gasteiger partial charge on any atom is -0.748 e. The molecule has 0 saturated carbocycles. The second kappa shape index (κ2) is 31.1. The van der Waals surface area contributed by atoms with Crippen LogP contribution in [0.25, 0.3) is 0 Å². The molecule has 1 saturated heterocycles. The maximum Gasteiger partial charge on any atom is 1.00 e. The quantitative estimate of drug-likeness (QED) is 0.0263. The van der Waals surface area contributed by atoms with Gasteiger partial charge in [-0.2, -0.15) is 0 Å². The SMILES string of the molecule is CCCCCCCCCCCCCCNC(=O)C(CO[C@@H]1O[C@H](COC(C)=O)[C@H](OC(C)=O)[C@H](OC(C)=O)[C@H]1OC(C)=O)NC(=O)CCC(=O)NCCS(=O)(=O)[O-].[Na+]. The third kappa shape index (κ3) is 26.3. The predicted molar refractivity (Wildman–Crippen MR) is 201 cm³/mol. The molecule has 0 spiro atoms. The molecule has 1 rings (SSSR count). The molecule has 0 aromatic rings. The van der Waals surface area contributed by atoms with Crippen molar-refractivity contribution in [2.24, 2.45) is 0 Å². The molecule has 3 N–H and O–H groups in total. The predicted octanol–water partition coefficient (Wildman–Crippen LogP) is -1.17. The summed E-state index contributed by atoms with van der Waals surface area (Å²) in [5.74, 6) is -6.25. The summed E-state index contributed by atoms with van der Waals surface area (Å²) in [6.45, 7) is 5.19. The molecule has 0 bridgehead atoms. The van der Waals surface area contributed by atoms with Crippen molar-refractivity contribution >= 4 is 51.7 Å². The molecule has 1 unspecified atom stereocenters. The van der Waals surface area contributed by atoms with Crippen molar-refractivity contribution in [1.29, 1.82) is 0 Å². The van der Waals surface area contributed by atoms with Gasteiger partial charge in [-0.3, -0.25) is 33.6 Å². The Hall–Kier alpha value is -2.88. The van der Waals surface area contributed by atoms with Gasteiger partial charge in [0.2, 0.25) is 17.7 Å². The number of hydrogen-bond acceptors (Lipinski definition) is 16. The van der Waals surface area contributed by atoms with Gasteiger partial charge in [-0.25, -0.2) is 8.42 Å². The summed E-state index contributed by atoms with van der Waals surface area (Å²) in [4.78, 5) is 86.6. The number of rotatable bonds is 29. The van der Waals surface area contributed by atoms with Crippen LogP contribution in [-0.2, 0) is 72.1 Å². The molecule has 6 atom stereocenters. The second-order valence-corrected chi connectivity index (χ2v) is 15.3. The van der Waals surface area contributed by atoms with Crippen molar-refractivity contribution in [3.05, 3.63) is 0 Å². The van der Waals surface area contributed by atoms with Gasteiger partial charge in [-0.15, -0.1) is 0 Å². The van der Waals surface area contributed by atoms with Crippen LogP contribution in [0.15, 0.2) is 0 Å². The first kappa shape index (κ1) is 55.1. The zero-order valence-corrected chi connectivity index (χ0v) is 37.7. The number of unbranched alkanes of at least 4 members (excludes halogenated alkanes) is 11. The smallest absolute Gasteiger partial charge is 0.748 e. The third-order valence-corrected chi connectivity index (χ3v) is 9.31. The number of amides is 3. The molecule has 3 amide bonds. The van der Waals surface area contributed by atoms with Crippen molar-refractivity contribution in [3.63, 3.8) is 0 Å². The summed E-state index contributed by atoms with van der Waals surface area (Å²) in [5, 5.41) is 7.46. The van der Waals surface area contributed by atoms with Gasteiger partial charge in [0, 0.05) is 53.6 Å². The Morgan fingerprint density at radius 3 is 1.67 bits per heavy atom. The number of ether oxygens (including phenoxy) is 6. The van der Waals surface area contributed by atoms with E-state index in [1.54, 1.807) is 0 Å².